The molecule has 102 valence electrons. The van der Waals surface area contributed by atoms with E-state index < -0.39 is 11.6 Å². The molecule has 5 heteroatoms. The van der Waals surface area contributed by atoms with E-state index in [9.17, 15) is 8.78 Å². The van der Waals surface area contributed by atoms with E-state index in [-0.39, 0.29) is 6.04 Å². The smallest absolute Gasteiger partial charge is 0.162 e. The van der Waals surface area contributed by atoms with Crippen LogP contribution in [0.15, 0.2) is 23.6 Å². The first kappa shape index (κ1) is 14.4. The Bertz CT molecular complexity index is 583. The summed E-state index contributed by atoms with van der Waals surface area (Å²) in [6.07, 6.45) is 0.361. The van der Waals surface area contributed by atoms with Crippen molar-refractivity contribution in [1.82, 2.24) is 5.32 Å². The van der Waals surface area contributed by atoms with Gasteiger partial charge in [0, 0.05) is 10.9 Å². The lowest BCUT2D eigenvalue weighted by atomic mass is 10.0. The highest BCUT2D eigenvalue weighted by Gasteiger charge is 2.19. The fourth-order valence-corrected chi connectivity index (χ4v) is 3.37. The third-order valence-electron chi connectivity index (χ3n) is 3.05. The first-order valence-corrected chi connectivity index (χ1v) is 7.14. The molecule has 19 heavy (non-hydrogen) atoms. The Hall–Kier alpha value is -0.970. The van der Waals surface area contributed by atoms with Crippen LogP contribution in [0.3, 0.4) is 0 Å². The van der Waals surface area contributed by atoms with Crippen molar-refractivity contribution in [3.8, 4) is 0 Å². The Labute approximate surface area is 120 Å². The maximum atomic E-state index is 13.7. The molecule has 1 heterocycles. The van der Waals surface area contributed by atoms with Crippen molar-refractivity contribution < 1.29 is 8.78 Å². The van der Waals surface area contributed by atoms with Crippen molar-refractivity contribution >= 4 is 22.9 Å². The molecule has 0 aliphatic carbocycles. The normalized spacial score (nSPS) is 12.7. The molecule has 0 amide bonds. The molecule has 0 aliphatic rings. The van der Waals surface area contributed by atoms with Crippen LogP contribution in [0.2, 0.25) is 5.02 Å². The third-order valence-corrected chi connectivity index (χ3v) is 4.87. The molecule has 0 saturated heterocycles. The minimum absolute atomic E-state index is 0.123. The lowest BCUT2D eigenvalue weighted by Gasteiger charge is -2.16. The van der Waals surface area contributed by atoms with Gasteiger partial charge in [0.05, 0.1) is 5.02 Å². The summed E-state index contributed by atoms with van der Waals surface area (Å²) < 4.78 is 26.9. The molecule has 1 nitrogen and oxygen atoms in total. The SMILES string of the molecule is CNC(Cc1cccc(F)c1F)c1scc(C)c1Cl. The van der Waals surface area contributed by atoms with Crippen molar-refractivity contribution in [2.75, 3.05) is 7.05 Å². The molecular formula is C14H14ClF2NS. The van der Waals surface area contributed by atoms with Crippen LogP contribution in [-0.4, -0.2) is 7.05 Å². The second-order valence-electron chi connectivity index (χ2n) is 4.36. The number of nitrogens with one attached hydrogen (secondary N) is 1. The number of hydrogen-bond donors (Lipinski definition) is 1. The van der Waals surface area contributed by atoms with E-state index >= 15 is 0 Å². The van der Waals surface area contributed by atoms with Crippen molar-refractivity contribution in [2.45, 2.75) is 19.4 Å². The van der Waals surface area contributed by atoms with Crippen LogP contribution in [0.4, 0.5) is 8.78 Å². The maximum absolute atomic E-state index is 13.7. The Morgan fingerprint density at radius 2 is 2.11 bits per heavy atom. The van der Waals surface area contributed by atoms with Gasteiger partial charge >= 0.3 is 0 Å². The van der Waals surface area contributed by atoms with E-state index in [0.717, 1.165) is 16.5 Å². The van der Waals surface area contributed by atoms with Crippen LogP contribution < -0.4 is 5.32 Å². The number of thiophene rings is 1. The number of halogens is 3. The van der Waals surface area contributed by atoms with Gasteiger partial charge in [-0.05, 0) is 43.0 Å². The monoisotopic (exact) mass is 301 g/mol. The molecule has 1 N–H and O–H groups in total. The number of hydrogen-bond acceptors (Lipinski definition) is 2. The standard InChI is InChI=1S/C14H14ClF2NS/c1-8-7-19-14(12(8)15)11(18-2)6-9-4-3-5-10(16)13(9)17/h3-5,7,11,18H,6H2,1-2H3. The van der Waals surface area contributed by atoms with E-state index in [2.05, 4.69) is 5.32 Å². The summed E-state index contributed by atoms with van der Waals surface area (Å²) in [5, 5.41) is 5.76. The van der Waals surface area contributed by atoms with Gasteiger partial charge in [-0.25, -0.2) is 8.78 Å². The van der Waals surface area contributed by atoms with Gasteiger partial charge in [0.1, 0.15) is 0 Å². The lowest BCUT2D eigenvalue weighted by Crippen LogP contribution is -2.19. The van der Waals surface area contributed by atoms with Crippen molar-refractivity contribution in [2.24, 2.45) is 0 Å². The fraction of sp³-hybridized carbons (Fsp3) is 0.286. The Balaban J connectivity index is 2.29. The highest BCUT2D eigenvalue weighted by atomic mass is 35.5. The molecule has 0 saturated carbocycles. The van der Waals surface area contributed by atoms with Gasteiger partial charge in [-0.15, -0.1) is 11.3 Å². The van der Waals surface area contributed by atoms with E-state index in [1.54, 1.807) is 13.1 Å². The number of likely N-dealkylation sites (N-methyl/N-ethyl adjacent to an activating group) is 1. The van der Waals surface area contributed by atoms with Crippen LogP contribution in [0.25, 0.3) is 0 Å². The van der Waals surface area contributed by atoms with Crippen LogP contribution in [0, 0.1) is 18.6 Å². The van der Waals surface area contributed by atoms with Crippen molar-refractivity contribution in [1.29, 1.82) is 0 Å². The van der Waals surface area contributed by atoms with E-state index in [1.165, 1.54) is 17.4 Å². The average Bonchev–Trinajstić information content (AvgIpc) is 2.72. The summed E-state index contributed by atoms with van der Waals surface area (Å²) in [5.41, 5.74) is 1.35. The predicted octanol–water partition coefficient (Wildman–Crippen LogP) is 4.49. The number of aryl methyl sites for hydroxylation is 1. The second kappa shape index (κ2) is 5.99. The zero-order chi connectivity index (χ0) is 14.0. The number of benzene rings is 1. The Morgan fingerprint density at radius 3 is 2.68 bits per heavy atom. The quantitative estimate of drug-likeness (QED) is 0.877. The Kier molecular flexibility index (Phi) is 4.55. The van der Waals surface area contributed by atoms with Crippen LogP contribution in [0.1, 0.15) is 22.0 Å². The lowest BCUT2D eigenvalue weighted by molar-refractivity contribution is 0.488. The van der Waals surface area contributed by atoms with E-state index in [1.807, 2.05) is 12.3 Å². The van der Waals surface area contributed by atoms with Gasteiger partial charge in [-0.2, -0.15) is 0 Å². The highest BCUT2D eigenvalue weighted by Crippen LogP contribution is 2.34. The van der Waals surface area contributed by atoms with Gasteiger partial charge in [-0.3, -0.25) is 0 Å². The topological polar surface area (TPSA) is 12.0 Å². The van der Waals surface area contributed by atoms with Gasteiger partial charge in [0.15, 0.2) is 11.6 Å². The molecule has 1 atom stereocenters. The fourth-order valence-electron chi connectivity index (χ4n) is 1.94. The summed E-state index contributed by atoms with van der Waals surface area (Å²) in [6.45, 7) is 1.93. The van der Waals surface area contributed by atoms with Gasteiger partial charge in [0.2, 0.25) is 0 Å². The second-order valence-corrected chi connectivity index (χ2v) is 5.64. The molecule has 1 unspecified atom stereocenters. The van der Waals surface area contributed by atoms with E-state index in [4.69, 9.17) is 11.6 Å². The summed E-state index contributed by atoms with van der Waals surface area (Å²) in [4.78, 5) is 0.949. The molecule has 2 rings (SSSR count). The molecule has 0 aliphatic heterocycles. The molecule has 1 aromatic carbocycles. The molecule has 0 bridgehead atoms. The van der Waals surface area contributed by atoms with E-state index in [0.29, 0.717) is 17.0 Å². The summed E-state index contributed by atoms with van der Waals surface area (Å²) in [6, 6.07) is 4.11. The number of rotatable bonds is 4. The van der Waals surface area contributed by atoms with Gasteiger partial charge in [0.25, 0.3) is 0 Å². The molecule has 0 fully saturated rings. The van der Waals surface area contributed by atoms with Crippen molar-refractivity contribution in [3.63, 3.8) is 0 Å². The highest BCUT2D eigenvalue weighted by molar-refractivity contribution is 7.10. The third kappa shape index (κ3) is 2.96. The van der Waals surface area contributed by atoms with Crippen LogP contribution >= 0.6 is 22.9 Å². The summed E-state index contributed by atoms with van der Waals surface area (Å²) >= 11 is 7.75. The van der Waals surface area contributed by atoms with Crippen molar-refractivity contribution in [3.05, 3.63) is 56.2 Å². The molecule has 0 radical (unpaired) electrons. The largest absolute Gasteiger partial charge is 0.312 e. The molecule has 1 aromatic heterocycles. The van der Waals surface area contributed by atoms with Crippen LogP contribution in [-0.2, 0) is 6.42 Å². The first-order chi connectivity index (χ1) is 9.04. The zero-order valence-electron chi connectivity index (χ0n) is 10.6. The predicted molar refractivity (Wildman–Crippen MR) is 75.9 cm³/mol. The zero-order valence-corrected chi connectivity index (χ0v) is 12.2. The minimum Gasteiger partial charge on any atom is -0.312 e. The molecule has 0 spiro atoms. The Morgan fingerprint density at radius 1 is 1.37 bits per heavy atom. The van der Waals surface area contributed by atoms with Gasteiger partial charge in [-0.1, -0.05) is 23.7 Å². The van der Waals surface area contributed by atoms with Gasteiger partial charge < -0.3 is 5.32 Å². The first-order valence-electron chi connectivity index (χ1n) is 5.88. The van der Waals surface area contributed by atoms with Crippen LogP contribution in [0.5, 0.6) is 0 Å². The minimum atomic E-state index is -0.819. The molecular weight excluding hydrogens is 288 g/mol. The molecule has 2 aromatic rings. The summed E-state index contributed by atoms with van der Waals surface area (Å²) in [7, 11) is 1.78. The maximum Gasteiger partial charge on any atom is 0.162 e. The summed E-state index contributed by atoms with van der Waals surface area (Å²) in [5.74, 6) is -1.60. The average molecular weight is 302 g/mol.